The van der Waals surface area contributed by atoms with Crippen molar-refractivity contribution in [3.63, 3.8) is 0 Å². The molecule has 154 valence electrons. The molecule has 0 radical (unpaired) electrons. The predicted molar refractivity (Wildman–Crippen MR) is 122 cm³/mol. The van der Waals surface area contributed by atoms with Gasteiger partial charge in [0, 0.05) is 32.3 Å². The first kappa shape index (κ1) is 24.0. The fraction of sp³-hybridized carbons (Fsp3) is 0.950. The molecule has 1 saturated carbocycles. The summed E-state index contributed by atoms with van der Waals surface area (Å²) < 4.78 is 5.79. The molecule has 2 aliphatic rings. The molecule has 0 spiro atoms. The van der Waals surface area contributed by atoms with Gasteiger partial charge in [0.15, 0.2) is 5.96 Å². The Hall–Kier alpha value is -0.0800. The van der Waals surface area contributed by atoms with Gasteiger partial charge in [-0.1, -0.05) is 19.3 Å². The van der Waals surface area contributed by atoms with E-state index in [1.807, 2.05) is 0 Å². The Morgan fingerprint density at radius 3 is 2.31 bits per heavy atom. The van der Waals surface area contributed by atoms with Crippen LogP contribution in [0, 0.1) is 5.92 Å². The van der Waals surface area contributed by atoms with Gasteiger partial charge in [-0.2, -0.15) is 0 Å². The minimum atomic E-state index is 0. The molecule has 0 aromatic heterocycles. The quantitative estimate of drug-likeness (QED) is 0.344. The molecule has 2 fully saturated rings. The topological polar surface area (TPSA) is 40.1 Å². The lowest BCUT2D eigenvalue weighted by atomic mass is 9.83. The largest absolute Gasteiger partial charge is 0.378 e. The molecule has 0 aromatic carbocycles. The molecular formula is C20H41IN4O. The van der Waals surface area contributed by atoms with Crippen LogP contribution in [0.4, 0.5) is 0 Å². The highest BCUT2D eigenvalue weighted by Gasteiger charge is 2.26. The molecule has 26 heavy (non-hydrogen) atoms. The lowest BCUT2D eigenvalue weighted by molar-refractivity contribution is 0.0263. The first-order chi connectivity index (χ1) is 12.2. The van der Waals surface area contributed by atoms with Crippen LogP contribution in [0.2, 0.25) is 0 Å². The van der Waals surface area contributed by atoms with E-state index >= 15 is 0 Å². The van der Waals surface area contributed by atoms with Crippen LogP contribution in [0.1, 0.15) is 58.8 Å². The minimum Gasteiger partial charge on any atom is -0.378 e. The van der Waals surface area contributed by atoms with Crippen molar-refractivity contribution in [2.75, 3.05) is 46.9 Å². The van der Waals surface area contributed by atoms with E-state index < -0.39 is 0 Å². The minimum absolute atomic E-state index is 0. The summed E-state index contributed by atoms with van der Waals surface area (Å²) in [6.45, 7) is 9.01. The van der Waals surface area contributed by atoms with Crippen molar-refractivity contribution < 1.29 is 4.74 Å². The molecule has 0 aromatic rings. The molecule has 1 aliphatic carbocycles. The number of piperidine rings is 1. The normalized spacial score (nSPS) is 21.6. The van der Waals surface area contributed by atoms with Gasteiger partial charge in [0.2, 0.25) is 0 Å². The Kier molecular flexibility index (Phi) is 12.1. The molecule has 1 saturated heterocycles. The molecule has 0 amide bonds. The second-order valence-electron chi connectivity index (χ2n) is 7.77. The number of ether oxygens (including phenoxy) is 1. The second kappa shape index (κ2) is 13.2. The number of aliphatic imine (C=N–C) groups is 1. The van der Waals surface area contributed by atoms with Crippen molar-refractivity contribution >= 4 is 29.9 Å². The Morgan fingerprint density at radius 2 is 1.77 bits per heavy atom. The molecule has 6 heteroatoms. The van der Waals surface area contributed by atoms with Gasteiger partial charge in [0.1, 0.15) is 0 Å². The highest BCUT2D eigenvalue weighted by molar-refractivity contribution is 14.0. The highest BCUT2D eigenvalue weighted by atomic mass is 127. The average Bonchev–Trinajstić information content (AvgIpc) is 2.63. The standard InChI is InChI=1S/C20H40N4O.HI/c1-5-21-20(24-14-12-18(13-15-24)25-6-2)22-16-19(23(3)4)17-10-8-7-9-11-17;/h17-19H,5-16H2,1-4H3,(H,21,22);1H. The van der Waals surface area contributed by atoms with Gasteiger partial charge in [-0.25, -0.2) is 0 Å². The summed E-state index contributed by atoms with van der Waals surface area (Å²) in [5.41, 5.74) is 0. The first-order valence-electron chi connectivity index (χ1n) is 10.5. The van der Waals surface area contributed by atoms with Gasteiger partial charge in [-0.3, -0.25) is 4.99 Å². The lowest BCUT2D eigenvalue weighted by Gasteiger charge is -2.36. The van der Waals surface area contributed by atoms with Crippen LogP contribution in [0.5, 0.6) is 0 Å². The number of halogens is 1. The van der Waals surface area contributed by atoms with Crippen LogP contribution in [-0.2, 0) is 4.74 Å². The highest BCUT2D eigenvalue weighted by Crippen LogP contribution is 2.28. The third-order valence-electron chi connectivity index (χ3n) is 5.76. The van der Waals surface area contributed by atoms with Crippen molar-refractivity contribution in [3.8, 4) is 0 Å². The zero-order valence-electron chi connectivity index (χ0n) is 17.4. The fourth-order valence-electron chi connectivity index (χ4n) is 4.33. The number of likely N-dealkylation sites (N-methyl/N-ethyl adjacent to an activating group) is 1. The average molecular weight is 480 g/mol. The third-order valence-corrected chi connectivity index (χ3v) is 5.76. The van der Waals surface area contributed by atoms with Crippen LogP contribution in [-0.4, -0.2) is 74.8 Å². The molecule has 2 rings (SSSR count). The Morgan fingerprint density at radius 1 is 1.12 bits per heavy atom. The van der Waals surface area contributed by atoms with Gasteiger partial charge >= 0.3 is 0 Å². The Labute approximate surface area is 178 Å². The molecule has 1 unspecified atom stereocenters. The number of rotatable bonds is 7. The molecule has 1 aliphatic heterocycles. The number of nitrogens with zero attached hydrogens (tertiary/aromatic N) is 3. The smallest absolute Gasteiger partial charge is 0.193 e. The SMILES string of the molecule is CCNC(=NCC(C1CCCCC1)N(C)C)N1CCC(OCC)CC1.I. The van der Waals surface area contributed by atoms with Crippen LogP contribution in [0.15, 0.2) is 4.99 Å². The molecule has 1 atom stereocenters. The van der Waals surface area contributed by atoms with E-state index in [1.54, 1.807) is 0 Å². The predicted octanol–water partition coefficient (Wildman–Crippen LogP) is 3.58. The van der Waals surface area contributed by atoms with Crippen molar-refractivity contribution in [1.29, 1.82) is 0 Å². The van der Waals surface area contributed by atoms with Gasteiger partial charge in [0.05, 0.1) is 12.6 Å². The maximum atomic E-state index is 5.79. The van der Waals surface area contributed by atoms with E-state index in [9.17, 15) is 0 Å². The fourth-order valence-corrected chi connectivity index (χ4v) is 4.33. The molecular weight excluding hydrogens is 439 g/mol. The molecule has 1 heterocycles. The summed E-state index contributed by atoms with van der Waals surface area (Å²) in [6, 6.07) is 0.565. The monoisotopic (exact) mass is 480 g/mol. The maximum Gasteiger partial charge on any atom is 0.193 e. The van der Waals surface area contributed by atoms with Crippen LogP contribution in [0.3, 0.4) is 0 Å². The van der Waals surface area contributed by atoms with Crippen molar-refractivity contribution in [3.05, 3.63) is 0 Å². The molecule has 5 nitrogen and oxygen atoms in total. The van der Waals surface area contributed by atoms with E-state index in [1.165, 1.54) is 32.1 Å². The number of hydrogen-bond acceptors (Lipinski definition) is 3. The summed E-state index contributed by atoms with van der Waals surface area (Å²) in [6.07, 6.45) is 9.59. The van der Waals surface area contributed by atoms with E-state index in [4.69, 9.17) is 9.73 Å². The Balaban J connectivity index is 0.00000338. The molecule has 0 bridgehead atoms. The van der Waals surface area contributed by atoms with Gasteiger partial charge < -0.3 is 19.9 Å². The maximum absolute atomic E-state index is 5.79. The third kappa shape index (κ3) is 7.50. The Bertz CT molecular complexity index is 391. The summed E-state index contributed by atoms with van der Waals surface area (Å²) in [4.78, 5) is 9.87. The van der Waals surface area contributed by atoms with E-state index in [0.29, 0.717) is 12.1 Å². The second-order valence-corrected chi connectivity index (χ2v) is 7.77. The van der Waals surface area contributed by atoms with Crippen LogP contribution >= 0.6 is 24.0 Å². The zero-order valence-corrected chi connectivity index (χ0v) is 19.7. The summed E-state index contributed by atoms with van der Waals surface area (Å²) >= 11 is 0. The van der Waals surface area contributed by atoms with E-state index in [2.05, 4.69) is 43.1 Å². The van der Waals surface area contributed by atoms with Gasteiger partial charge in [-0.05, 0) is 59.5 Å². The van der Waals surface area contributed by atoms with Gasteiger partial charge in [0.25, 0.3) is 0 Å². The van der Waals surface area contributed by atoms with E-state index in [-0.39, 0.29) is 24.0 Å². The van der Waals surface area contributed by atoms with E-state index in [0.717, 1.165) is 57.5 Å². The van der Waals surface area contributed by atoms with Crippen molar-refractivity contribution in [2.45, 2.75) is 70.9 Å². The number of hydrogen-bond donors (Lipinski definition) is 1. The number of guanidine groups is 1. The van der Waals surface area contributed by atoms with Crippen molar-refractivity contribution in [1.82, 2.24) is 15.1 Å². The number of likely N-dealkylation sites (tertiary alicyclic amines) is 1. The summed E-state index contributed by atoms with van der Waals surface area (Å²) in [5.74, 6) is 1.90. The molecule has 1 N–H and O–H groups in total. The van der Waals surface area contributed by atoms with Gasteiger partial charge in [-0.15, -0.1) is 24.0 Å². The summed E-state index contributed by atoms with van der Waals surface area (Å²) in [7, 11) is 4.44. The van der Waals surface area contributed by atoms with Crippen LogP contribution in [0.25, 0.3) is 0 Å². The first-order valence-corrected chi connectivity index (χ1v) is 10.5. The van der Waals surface area contributed by atoms with Crippen LogP contribution < -0.4 is 5.32 Å². The lowest BCUT2D eigenvalue weighted by Crippen LogP contribution is -2.48. The zero-order chi connectivity index (χ0) is 18.1. The summed E-state index contributed by atoms with van der Waals surface area (Å²) in [5, 5.41) is 3.51. The number of nitrogens with one attached hydrogen (secondary N) is 1. The van der Waals surface area contributed by atoms with Crippen molar-refractivity contribution in [2.24, 2.45) is 10.9 Å².